The Labute approximate surface area is 207 Å². The average molecular weight is 484 g/mol. The van der Waals surface area contributed by atoms with Crippen LogP contribution in [0.15, 0.2) is 71.9 Å². The summed E-state index contributed by atoms with van der Waals surface area (Å²) in [4.78, 5) is 45.6. The summed E-state index contributed by atoms with van der Waals surface area (Å²) in [5, 5.41) is 6.58. The molecule has 0 bridgehead atoms. The molecule has 4 aromatic rings. The lowest BCUT2D eigenvalue weighted by Gasteiger charge is -2.22. The van der Waals surface area contributed by atoms with Crippen molar-refractivity contribution in [1.82, 2.24) is 24.6 Å². The Morgan fingerprint density at radius 2 is 1.75 bits per heavy atom. The molecule has 5 rings (SSSR count). The summed E-state index contributed by atoms with van der Waals surface area (Å²) in [7, 11) is 3.17. The predicted octanol–water partition coefficient (Wildman–Crippen LogP) is 2.75. The standard InChI is InChI=1S/C26H25N7O3/c1-17-21(22-11-10-20(15-28-22)33-16-29-30(3)25(33)35)8-5-9-23(17)32-13-12-31(26(32)36)19-7-4-6-18(14-19)24(34)27-2/h4-11,14-16H,12-13H2,1-3H3,(H,27,34). The summed E-state index contributed by atoms with van der Waals surface area (Å²) in [5.41, 5.74) is 4.91. The lowest BCUT2D eigenvalue weighted by Crippen LogP contribution is -2.32. The number of hydrogen-bond acceptors (Lipinski definition) is 5. The molecule has 1 aliphatic rings. The quantitative estimate of drug-likeness (QED) is 0.470. The second-order valence-corrected chi connectivity index (χ2v) is 8.47. The molecule has 1 fully saturated rings. The second-order valence-electron chi connectivity index (χ2n) is 8.47. The number of urea groups is 1. The fraction of sp³-hybridized carbons (Fsp3) is 0.192. The monoisotopic (exact) mass is 483 g/mol. The Kier molecular flexibility index (Phi) is 5.85. The number of aromatic nitrogens is 4. The SMILES string of the molecule is CNC(=O)c1cccc(N2CCN(c3cccc(-c4ccc(-n5cnn(C)c5=O)cn4)c3C)C2=O)c1. The van der Waals surface area contributed by atoms with Gasteiger partial charge in [0.15, 0.2) is 0 Å². The van der Waals surface area contributed by atoms with Crippen LogP contribution in [0, 0.1) is 6.92 Å². The molecule has 0 aliphatic carbocycles. The van der Waals surface area contributed by atoms with Crippen molar-refractivity contribution in [1.29, 1.82) is 0 Å². The van der Waals surface area contributed by atoms with Crippen molar-refractivity contribution in [2.75, 3.05) is 29.9 Å². The van der Waals surface area contributed by atoms with E-state index in [4.69, 9.17) is 0 Å². The molecule has 3 heterocycles. The third-order valence-corrected chi connectivity index (χ3v) is 6.38. The number of nitrogens with zero attached hydrogens (tertiary/aromatic N) is 6. The van der Waals surface area contributed by atoms with Crippen LogP contribution in [-0.4, -0.2) is 51.4 Å². The van der Waals surface area contributed by atoms with E-state index >= 15 is 0 Å². The van der Waals surface area contributed by atoms with Crippen molar-refractivity contribution >= 4 is 23.3 Å². The van der Waals surface area contributed by atoms with Crippen molar-refractivity contribution in [2.45, 2.75) is 6.92 Å². The Bertz CT molecular complexity index is 1520. The molecule has 0 atom stereocenters. The maximum Gasteiger partial charge on any atom is 0.350 e. The minimum absolute atomic E-state index is 0.149. The fourth-order valence-electron chi connectivity index (χ4n) is 4.40. The number of aryl methyl sites for hydroxylation is 1. The average Bonchev–Trinajstić information content (AvgIpc) is 3.45. The number of nitrogens with one attached hydrogen (secondary N) is 1. The van der Waals surface area contributed by atoms with Gasteiger partial charge < -0.3 is 5.32 Å². The molecule has 3 amide bonds. The molecule has 2 aromatic carbocycles. The number of hydrogen-bond donors (Lipinski definition) is 1. The number of benzene rings is 2. The van der Waals surface area contributed by atoms with Gasteiger partial charge in [0.25, 0.3) is 5.91 Å². The van der Waals surface area contributed by atoms with E-state index in [0.717, 1.165) is 22.5 Å². The van der Waals surface area contributed by atoms with E-state index in [-0.39, 0.29) is 17.6 Å². The first-order chi connectivity index (χ1) is 17.4. The van der Waals surface area contributed by atoms with Crippen LogP contribution in [0.25, 0.3) is 16.9 Å². The third-order valence-electron chi connectivity index (χ3n) is 6.38. The van der Waals surface area contributed by atoms with Gasteiger partial charge in [0, 0.05) is 49.7 Å². The zero-order chi connectivity index (χ0) is 25.4. The molecular formula is C26H25N7O3. The number of anilines is 2. The molecule has 1 aliphatic heterocycles. The van der Waals surface area contributed by atoms with Gasteiger partial charge in [0.1, 0.15) is 6.33 Å². The molecule has 1 N–H and O–H groups in total. The normalized spacial score (nSPS) is 13.4. The van der Waals surface area contributed by atoms with Crippen molar-refractivity contribution in [3.63, 3.8) is 0 Å². The van der Waals surface area contributed by atoms with E-state index in [9.17, 15) is 14.4 Å². The predicted molar refractivity (Wildman–Crippen MR) is 137 cm³/mol. The summed E-state index contributed by atoms with van der Waals surface area (Å²) >= 11 is 0. The fourth-order valence-corrected chi connectivity index (χ4v) is 4.40. The van der Waals surface area contributed by atoms with Gasteiger partial charge in [0.05, 0.1) is 17.6 Å². The van der Waals surface area contributed by atoms with Gasteiger partial charge in [-0.05, 0) is 48.9 Å². The van der Waals surface area contributed by atoms with Crippen LogP contribution in [0.5, 0.6) is 0 Å². The smallest absolute Gasteiger partial charge is 0.350 e. The summed E-state index contributed by atoms with van der Waals surface area (Å²) in [5.74, 6) is -0.198. The van der Waals surface area contributed by atoms with Gasteiger partial charge in [-0.1, -0.05) is 18.2 Å². The van der Waals surface area contributed by atoms with Crippen LogP contribution >= 0.6 is 0 Å². The van der Waals surface area contributed by atoms with Crippen LogP contribution in [-0.2, 0) is 7.05 Å². The van der Waals surface area contributed by atoms with Crippen molar-refractivity contribution in [3.05, 3.63) is 88.7 Å². The largest absolute Gasteiger partial charge is 0.355 e. The number of carbonyl (C=O) groups excluding carboxylic acids is 2. The van der Waals surface area contributed by atoms with E-state index in [1.807, 2.05) is 43.3 Å². The Hall–Kier alpha value is -4.73. The molecule has 0 saturated carbocycles. The van der Waals surface area contributed by atoms with Gasteiger partial charge in [-0.25, -0.2) is 18.8 Å². The highest BCUT2D eigenvalue weighted by Crippen LogP contribution is 2.33. The number of carbonyl (C=O) groups is 2. The molecule has 0 unspecified atom stereocenters. The molecule has 10 heteroatoms. The van der Waals surface area contributed by atoms with Crippen LogP contribution < -0.4 is 20.8 Å². The summed E-state index contributed by atoms with van der Waals surface area (Å²) < 4.78 is 2.68. The molecular weight excluding hydrogens is 458 g/mol. The van der Waals surface area contributed by atoms with Gasteiger partial charge in [-0.2, -0.15) is 5.10 Å². The second kappa shape index (κ2) is 9.14. The van der Waals surface area contributed by atoms with E-state index in [1.165, 1.54) is 15.6 Å². The van der Waals surface area contributed by atoms with E-state index in [1.54, 1.807) is 48.3 Å². The zero-order valence-corrected chi connectivity index (χ0v) is 20.2. The van der Waals surface area contributed by atoms with Gasteiger partial charge in [-0.15, -0.1) is 0 Å². The van der Waals surface area contributed by atoms with Crippen LogP contribution in [0.2, 0.25) is 0 Å². The Balaban J connectivity index is 1.42. The zero-order valence-electron chi connectivity index (χ0n) is 20.2. The topological polar surface area (TPSA) is 105 Å². The van der Waals surface area contributed by atoms with Crippen molar-refractivity contribution in [3.8, 4) is 16.9 Å². The molecule has 10 nitrogen and oxygen atoms in total. The van der Waals surface area contributed by atoms with Gasteiger partial charge in [0.2, 0.25) is 0 Å². The molecule has 2 aromatic heterocycles. The minimum atomic E-state index is -0.249. The summed E-state index contributed by atoms with van der Waals surface area (Å²) in [6, 6.07) is 16.4. The highest BCUT2D eigenvalue weighted by atomic mass is 16.2. The molecule has 1 saturated heterocycles. The molecule has 36 heavy (non-hydrogen) atoms. The Morgan fingerprint density at radius 3 is 2.44 bits per heavy atom. The third kappa shape index (κ3) is 3.92. The highest BCUT2D eigenvalue weighted by molar-refractivity contribution is 6.07. The minimum Gasteiger partial charge on any atom is -0.355 e. The van der Waals surface area contributed by atoms with Crippen molar-refractivity contribution in [2.24, 2.45) is 7.05 Å². The van der Waals surface area contributed by atoms with Crippen LogP contribution in [0.3, 0.4) is 0 Å². The van der Waals surface area contributed by atoms with Crippen LogP contribution in [0.1, 0.15) is 15.9 Å². The molecule has 182 valence electrons. The maximum absolute atomic E-state index is 13.4. The van der Waals surface area contributed by atoms with Crippen LogP contribution in [0.4, 0.5) is 16.2 Å². The summed E-state index contributed by atoms with van der Waals surface area (Å²) in [6.45, 7) is 2.99. The number of pyridine rings is 1. The maximum atomic E-state index is 13.4. The van der Waals surface area contributed by atoms with E-state index in [0.29, 0.717) is 30.0 Å². The first-order valence-corrected chi connectivity index (χ1v) is 11.5. The van der Waals surface area contributed by atoms with Crippen molar-refractivity contribution < 1.29 is 9.59 Å². The lowest BCUT2D eigenvalue weighted by molar-refractivity contribution is 0.0963. The first kappa shape index (κ1) is 23.0. The Morgan fingerprint density at radius 1 is 0.972 bits per heavy atom. The van der Waals surface area contributed by atoms with Gasteiger partial charge in [-0.3, -0.25) is 19.6 Å². The number of rotatable bonds is 5. The first-order valence-electron chi connectivity index (χ1n) is 11.5. The van der Waals surface area contributed by atoms with E-state index < -0.39 is 0 Å². The highest BCUT2D eigenvalue weighted by Gasteiger charge is 2.32. The van der Waals surface area contributed by atoms with E-state index in [2.05, 4.69) is 15.4 Å². The summed E-state index contributed by atoms with van der Waals surface area (Å²) in [6.07, 6.45) is 3.09. The number of amides is 3. The lowest BCUT2D eigenvalue weighted by atomic mass is 10.0. The molecule has 0 radical (unpaired) electrons. The molecule has 0 spiro atoms. The van der Waals surface area contributed by atoms with Gasteiger partial charge >= 0.3 is 11.7 Å².